The van der Waals surface area contributed by atoms with E-state index in [-0.39, 0.29) is 18.1 Å². The zero-order chi connectivity index (χ0) is 13.8. The van der Waals surface area contributed by atoms with Gasteiger partial charge in [-0.2, -0.15) is 0 Å². The van der Waals surface area contributed by atoms with E-state index in [2.05, 4.69) is 4.85 Å². The number of allylic oxidation sites excluding steroid dienone is 4. The number of hydrogen-bond acceptors (Lipinski definition) is 3. The van der Waals surface area contributed by atoms with Gasteiger partial charge in [0.1, 0.15) is 5.76 Å². The van der Waals surface area contributed by atoms with E-state index >= 15 is 0 Å². The molecule has 1 amide bonds. The van der Waals surface area contributed by atoms with Crippen molar-refractivity contribution in [3.8, 4) is 0 Å². The molecule has 0 atom stereocenters. The van der Waals surface area contributed by atoms with Crippen LogP contribution in [0.3, 0.4) is 0 Å². The highest BCUT2D eigenvalue weighted by Crippen LogP contribution is 2.23. The maximum atomic E-state index is 12.3. The molecule has 1 fully saturated rings. The van der Waals surface area contributed by atoms with Crippen molar-refractivity contribution in [3.05, 3.63) is 46.4 Å². The molecule has 5 heteroatoms. The van der Waals surface area contributed by atoms with Crippen LogP contribution in [0.25, 0.3) is 4.85 Å². The molecule has 0 aromatic carbocycles. The SMILES string of the molecule is [C-]#[N+]/C(C(=O)N1CCCC1)=C1\C=C(C)OC(CN)=C1. The Hall–Kier alpha value is -2.06. The molecule has 2 aliphatic rings. The molecule has 5 nitrogen and oxygen atoms in total. The topological polar surface area (TPSA) is 59.9 Å². The summed E-state index contributed by atoms with van der Waals surface area (Å²) < 4.78 is 5.40. The molecule has 0 aliphatic carbocycles. The minimum atomic E-state index is -0.193. The van der Waals surface area contributed by atoms with Gasteiger partial charge in [0.15, 0.2) is 0 Å². The Morgan fingerprint density at radius 3 is 2.74 bits per heavy atom. The number of nitrogens with zero attached hydrogens (tertiary/aromatic N) is 2. The van der Waals surface area contributed by atoms with Gasteiger partial charge in [0.25, 0.3) is 11.6 Å². The second-order valence-corrected chi connectivity index (χ2v) is 4.59. The molecule has 0 radical (unpaired) electrons. The van der Waals surface area contributed by atoms with Gasteiger partial charge in [-0.25, -0.2) is 4.85 Å². The highest BCUT2D eigenvalue weighted by Gasteiger charge is 2.24. The number of rotatable bonds is 2. The lowest BCUT2D eigenvalue weighted by atomic mass is 10.1. The number of carbonyl (C=O) groups is 1. The van der Waals surface area contributed by atoms with Crippen molar-refractivity contribution in [3.63, 3.8) is 0 Å². The summed E-state index contributed by atoms with van der Waals surface area (Å²) in [5.41, 5.74) is 6.29. The van der Waals surface area contributed by atoms with Gasteiger partial charge in [0, 0.05) is 13.1 Å². The largest absolute Gasteiger partial charge is 0.465 e. The normalized spacial score (nSPS) is 21.2. The van der Waals surface area contributed by atoms with Gasteiger partial charge in [-0.3, -0.25) is 4.79 Å². The van der Waals surface area contributed by atoms with Crippen molar-refractivity contribution in [1.82, 2.24) is 4.90 Å². The first kappa shape index (κ1) is 13.4. The fourth-order valence-corrected chi connectivity index (χ4v) is 2.24. The monoisotopic (exact) mass is 259 g/mol. The molecular weight excluding hydrogens is 242 g/mol. The molecule has 0 bridgehead atoms. The third-order valence-electron chi connectivity index (χ3n) is 3.15. The summed E-state index contributed by atoms with van der Waals surface area (Å²) in [7, 11) is 0. The van der Waals surface area contributed by atoms with Crippen LogP contribution in [0.5, 0.6) is 0 Å². The summed E-state index contributed by atoms with van der Waals surface area (Å²) in [5.74, 6) is 1.03. The maximum Gasteiger partial charge on any atom is 0.257 e. The third-order valence-corrected chi connectivity index (χ3v) is 3.15. The zero-order valence-electron chi connectivity index (χ0n) is 11.0. The molecule has 0 aromatic heterocycles. The van der Waals surface area contributed by atoms with E-state index in [1.165, 1.54) is 0 Å². The molecule has 19 heavy (non-hydrogen) atoms. The van der Waals surface area contributed by atoms with E-state index in [0.717, 1.165) is 25.9 Å². The summed E-state index contributed by atoms with van der Waals surface area (Å²) >= 11 is 0. The smallest absolute Gasteiger partial charge is 0.257 e. The van der Waals surface area contributed by atoms with Crippen LogP contribution in [0.4, 0.5) is 0 Å². The van der Waals surface area contributed by atoms with Crippen molar-refractivity contribution < 1.29 is 9.53 Å². The molecule has 0 spiro atoms. The first-order valence-electron chi connectivity index (χ1n) is 6.33. The molecule has 1 saturated heterocycles. The van der Waals surface area contributed by atoms with Crippen molar-refractivity contribution in [2.24, 2.45) is 5.73 Å². The lowest BCUT2D eigenvalue weighted by Crippen LogP contribution is -2.29. The zero-order valence-corrected chi connectivity index (χ0v) is 11.0. The van der Waals surface area contributed by atoms with E-state index < -0.39 is 0 Å². The first-order valence-corrected chi connectivity index (χ1v) is 6.33. The number of likely N-dealkylation sites (tertiary alicyclic amines) is 1. The fraction of sp³-hybridized carbons (Fsp3) is 0.429. The van der Waals surface area contributed by atoms with Crippen LogP contribution in [0.1, 0.15) is 19.8 Å². The Kier molecular flexibility index (Phi) is 4.03. The first-order chi connectivity index (χ1) is 9.15. The molecule has 100 valence electrons. The summed E-state index contributed by atoms with van der Waals surface area (Å²) in [4.78, 5) is 17.4. The van der Waals surface area contributed by atoms with E-state index in [4.69, 9.17) is 17.0 Å². The molecular formula is C14H17N3O2. The summed E-state index contributed by atoms with van der Waals surface area (Å²) in [6.07, 6.45) is 5.40. The standard InChI is InChI=1S/C14H17N3O2/c1-10-7-11(8-12(9-15)19-10)13(16-2)14(18)17-5-3-4-6-17/h7-8H,3-6,9,15H2,1H3/b13-11+. The van der Waals surface area contributed by atoms with Gasteiger partial charge < -0.3 is 15.4 Å². The molecule has 2 N–H and O–H groups in total. The van der Waals surface area contributed by atoms with Crippen LogP contribution < -0.4 is 5.73 Å². The van der Waals surface area contributed by atoms with Crippen LogP contribution in [0.2, 0.25) is 0 Å². The Labute approximate surface area is 112 Å². The predicted molar refractivity (Wildman–Crippen MR) is 71.4 cm³/mol. The Morgan fingerprint density at radius 2 is 2.16 bits per heavy atom. The molecule has 0 aromatic rings. The fourth-order valence-electron chi connectivity index (χ4n) is 2.24. The van der Waals surface area contributed by atoms with Crippen LogP contribution in [0.15, 0.2) is 34.9 Å². The molecule has 0 saturated carbocycles. The Morgan fingerprint density at radius 1 is 1.47 bits per heavy atom. The lowest BCUT2D eigenvalue weighted by Gasteiger charge is -2.18. The van der Waals surface area contributed by atoms with Gasteiger partial charge in [-0.15, -0.1) is 0 Å². The van der Waals surface area contributed by atoms with E-state index in [0.29, 0.717) is 17.1 Å². The van der Waals surface area contributed by atoms with Crippen molar-refractivity contribution in [2.45, 2.75) is 19.8 Å². The van der Waals surface area contributed by atoms with Crippen molar-refractivity contribution >= 4 is 5.91 Å². The third kappa shape index (κ3) is 2.85. The van der Waals surface area contributed by atoms with Gasteiger partial charge in [-0.05, 0) is 37.5 Å². The number of ether oxygens (including phenoxy) is 1. The van der Waals surface area contributed by atoms with Gasteiger partial charge in [0.2, 0.25) is 0 Å². The minimum Gasteiger partial charge on any atom is -0.465 e. The summed E-state index contributed by atoms with van der Waals surface area (Å²) in [6.45, 7) is 10.8. The molecule has 2 rings (SSSR count). The van der Waals surface area contributed by atoms with E-state index in [9.17, 15) is 4.79 Å². The quantitative estimate of drug-likeness (QED) is 0.604. The van der Waals surface area contributed by atoms with Crippen LogP contribution in [-0.4, -0.2) is 30.4 Å². The van der Waals surface area contributed by atoms with Gasteiger partial charge >= 0.3 is 0 Å². The van der Waals surface area contributed by atoms with Crippen LogP contribution >= 0.6 is 0 Å². The second kappa shape index (κ2) is 5.72. The second-order valence-electron chi connectivity index (χ2n) is 4.59. The highest BCUT2D eigenvalue weighted by molar-refractivity contribution is 5.97. The van der Waals surface area contributed by atoms with Crippen LogP contribution in [-0.2, 0) is 9.53 Å². The predicted octanol–water partition coefficient (Wildman–Crippen LogP) is 1.56. The van der Waals surface area contributed by atoms with Gasteiger partial charge in [-0.1, -0.05) is 0 Å². The van der Waals surface area contributed by atoms with E-state index in [1.54, 1.807) is 24.0 Å². The molecule has 2 aliphatic heterocycles. The molecule has 2 heterocycles. The van der Waals surface area contributed by atoms with Crippen molar-refractivity contribution in [1.29, 1.82) is 0 Å². The maximum absolute atomic E-state index is 12.3. The highest BCUT2D eigenvalue weighted by atomic mass is 16.5. The van der Waals surface area contributed by atoms with E-state index in [1.807, 2.05) is 0 Å². The summed E-state index contributed by atoms with van der Waals surface area (Å²) in [6, 6.07) is 0. The average Bonchev–Trinajstić information content (AvgIpc) is 2.92. The van der Waals surface area contributed by atoms with Gasteiger partial charge in [0.05, 0.1) is 18.9 Å². The number of amides is 1. The number of carbonyl (C=O) groups excluding carboxylic acids is 1. The number of nitrogens with two attached hydrogens (primary N) is 1. The Balaban J connectivity index is 2.35. The number of hydrogen-bond donors (Lipinski definition) is 1. The molecule has 0 unspecified atom stereocenters. The summed E-state index contributed by atoms with van der Waals surface area (Å²) in [5, 5.41) is 0. The average molecular weight is 259 g/mol. The van der Waals surface area contributed by atoms with Crippen molar-refractivity contribution in [2.75, 3.05) is 19.6 Å². The lowest BCUT2D eigenvalue weighted by molar-refractivity contribution is -0.125. The van der Waals surface area contributed by atoms with Crippen LogP contribution in [0, 0.1) is 6.57 Å². The Bertz CT molecular complexity index is 517. The minimum absolute atomic E-state index is 0.149.